The second-order valence-corrected chi connectivity index (χ2v) is 9.91. The lowest BCUT2D eigenvalue weighted by Crippen LogP contribution is -2.38. The van der Waals surface area contributed by atoms with Gasteiger partial charge >= 0.3 is 5.97 Å². The highest BCUT2D eigenvalue weighted by Crippen LogP contribution is 2.38. The van der Waals surface area contributed by atoms with Gasteiger partial charge in [0.05, 0.1) is 19.8 Å². The molecule has 1 fully saturated rings. The highest BCUT2D eigenvalue weighted by Gasteiger charge is 2.25. The average molecular weight is 479 g/mol. The minimum atomic E-state index is -0.415. The van der Waals surface area contributed by atoms with Crippen LogP contribution < -0.4 is 4.90 Å². The molecule has 1 aliphatic heterocycles. The van der Waals surface area contributed by atoms with E-state index in [4.69, 9.17) is 9.47 Å². The summed E-state index contributed by atoms with van der Waals surface area (Å²) < 4.78 is 28.3. The van der Waals surface area contributed by atoms with Gasteiger partial charge in [-0.1, -0.05) is 31.7 Å². The number of esters is 1. The fourth-order valence-electron chi connectivity index (χ4n) is 3.71. The quantitative estimate of drug-likeness (QED) is 0.346. The zero-order chi connectivity index (χ0) is 22.7. The number of morpholine rings is 1. The summed E-state index contributed by atoms with van der Waals surface area (Å²) in [6, 6.07) is 4.92. The van der Waals surface area contributed by atoms with Crippen molar-refractivity contribution in [1.29, 1.82) is 0 Å². The van der Waals surface area contributed by atoms with Crippen LogP contribution in [-0.4, -0.2) is 53.6 Å². The lowest BCUT2D eigenvalue weighted by molar-refractivity contribution is 0.0531. The Morgan fingerprint density at radius 3 is 2.81 bits per heavy atom. The van der Waals surface area contributed by atoms with Gasteiger partial charge in [0.1, 0.15) is 10.7 Å². The van der Waals surface area contributed by atoms with Gasteiger partial charge in [-0.05, 0) is 30.5 Å². The van der Waals surface area contributed by atoms with Crippen molar-refractivity contribution in [3.63, 3.8) is 0 Å². The smallest absolute Gasteiger partial charge is 0.348 e. The summed E-state index contributed by atoms with van der Waals surface area (Å²) in [5, 5.41) is 10.1. The third kappa shape index (κ3) is 4.77. The normalized spacial score (nSPS) is 14.5. The summed E-state index contributed by atoms with van der Waals surface area (Å²) in [7, 11) is 0. The molecule has 0 spiro atoms. The zero-order valence-electron chi connectivity index (χ0n) is 18.5. The average Bonchev–Trinajstić information content (AvgIpc) is 3.34. The van der Waals surface area contributed by atoms with Gasteiger partial charge in [-0.15, -0.1) is 21.5 Å². The Morgan fingerprint density at radius 2 is 2.09 bits per heavy atom. The SMILES string of the molecule is CCOC(=O)c1sc2cccc(F)c2c1CSc1nnc(N2CCOCC2)n1CC(C)C. The predicted molar refractivity (Wildman–Crippen MR) is 125 cm³/mol. The Balaban J connectivity index is 1.66. The van der Waals surface area contributed by atoms with E-state index >= 15 is 0 Å². The molecule has 0 aliphatic carbocycles. The van der Waals surface area contributed by atoms with E-state index < -0.39 is 5.97 Å². The topological polar surface area (TPSA) is 69.5 Å². The fourth-order valence-corrected chi connectivity index (χ4v) is 5.91. The van der Waals surface area contributed by atoms with Crippen molar-refractivity contribution in [1.82, 2.24) is 14.8 Å². The molecule has 7 nitrogen and oxygen atoms in total. The predicted octanol–water partition coefficient (Wildman–Crippen LogP) is 4.59. The standard InChI is InChI=1S/C22H27FN4O3S2/c1-4-30-20(28)19-15(18-16(23)6-5-7-17(18)32-19)13-31-22-25-24-21(27(22)12-14(2)3)26-8-10-29-11-9-26/h5-7,14H,4,8-13H2,1-3H3. The van der Waals surface area contributed by atoms with Crippen molar-refractivity contribution < 1.29 is 18.7 Å². The first-order valence-electron chi connectivity index (χ1n) is 10.7. The Labute approximate surface area is 194 Å². The van der Waals surface area contributed by atoms with Crippen LogP contribution in [0.5, 0.6) is 0 Å². The third-order valence-electron chi connectivity index (χ3n) is 5.11. The van der Waals surface area contributed by atoms with Gasteiger partial charge in [-0.2, -0.15) is 0 Å². The molecule has 2 aromatic heterocycles. The van der Waals surface area contributed by atoms with E-state index in [1.165, 1.54) is 29.2 Å². The number of benzene rings is 1. The zero-order valence-corrected chi connectivity index (χ0v) is 20.1. The van der Waals surface area contributed by atoms with Crippen molar-refractivity contribution in [3.05, 3.63) is 34.5 Å². The summed E-state index contributed by atoms with van der Waals surface area (Å²) >= 11 is 2.74. The Kier molecular flexibility index (Phi) is 7.32. The number of rotatable bonds is 8. The molecule has 1 aliphatic rings. The van der Waals surface area contributed by atoms with Gasteiger partial charge in [0.2, 0.25) is 5.95 Å². The van der Waals surface area contributed by atoms with Gasteiger partial charge in [0, 0.05) is 35.5 Å². The largest absolute Gasteiger partial charge is 0.462 e. The highest BCUT2D eigenvalue weighted by molar-refractivity contribution is 7.98. The van der Waals surface area contributed by atoms with Crippen LogP contribution in [0.4, 0.5) is 10.3 Å². The molecular weight excluding hydrogens is 451 g/mol. The lowest BCUT2D eigenvalue weighted by atomic mass is 10.1. The molecule has 0 atom stereocenters. The number of anilines is 1. The number of hydrogen-bond acceptors (Lipinski definition) is 8. The van der Waals surface area contributed by atoms with Crippen LogP contribution in [0.1, 0.15) is 36.0 Å². The van der Waals surface area contributed by atoms with Crippen LogP contribution in [0.2, 0.25) is 0 Å². The molecule has 0 radical (unpaired) electrons. The van der Waals surface area contributed by atoms with Crippen LogP contribution in [0, 0.1) is 11.7 Å². The third-order valence-corrected chi connectivity index (χ3v) is 7.28. The number of thioether (sulfide) groups is 1. The number of aromatic nitrogens is 3. The number of ether oxygens (including phenoxy) is 2. The maximum Gasteiger partial charge on any atom is 0.348 e. The van der Waals surface area contributed by atoms with Crippen molar-refractivity contribution in [2.45, 2.75) is 38.2 Å². The monoisotopic (exact) mass is 478 g/mol. The minimum Gasteiger partial charge on any atom is -0.462 e. The number of carbonyl (C=O) groups excluding carboxylic acids is 1. The van der Waals surface area contributed by atoms with E-state index in [2.05, 4.69) is 33.5 Å². The van der Waals surface area contributed by atoms with Crippen molar-refractivity contribution in [2.75, 3.05) is 37.8 Å². The van der Waals surface area contributed by atoms with Crippen LogP contribution >= 0.6 is 23.1 Å². The van der Waals surface area contributed by atoms with Crippen LogP contribution in [0.25, 0.3) is 10.1 Å². The van der Waals surface area contributed by atoms with Gasteiger partial charge in [-0.3, -0.25) is 4.57 Å². The van der Waals surface area contributed by atoms with Crippen molar-refractivity contribution >= 4 is 45.1 Å². The maximum atomic E-state index is 14.7. The van der Waals surface area contributed by atoms with Crippen LogP contribution in [0.15, 0.2) is 23.4 Å². The van der Waals surface area contributed by atoms with Gasteiger partial charge < -0.3 is 14.4 Å². The Hall–Kier alpha value is -2.17. The lowest BCUT2D eigenvalue weighted by Gasteiger charge is -2.28. The van der Waals surface area contributed by atoms with Gasteiger partial charge in [0.15, 0.2) is 5.16 Å². The van der Waals surface area contributed by atoms with Gasteiger partial charge in [0.25, 0.3) is 0 Å². The second kappa shape index (κ2) is 10.2. The summed E-state index contributed by atoms with van der Waals surface area (Å²) in [6.07, 6.45) is 0. The van der Waals surface area contributed by atoms with E-state index in [0.29, 0.717) is 40.7 Å². The van der Waals surface area contributed by atoms with Crippen LogP contribution in [-0.2, 0) is 21.8 Å². The number of carbonyl (C=O) groups is 1. The number of thiophene rings is 1. The van der Waals surface area contributed by atoms with E-state index in [9.17, 15) is 9.18 Å². The molecule has 4 rings (SSSR count). The van der Waals surface area contributed by atoms with Crippen molar-refractivity contribution in [2.24, 2.45) is 5.92 Å². The molecule has 0 bridgehead atoms. The molecule has 0 saturated carbocycles. The fraction of sp³-hybridized carbons (Fsp3) is 0.500. The first-order valence-corrected chi connectivity index (χ1v) is 12.6. The molecule has 3 heterocycles. The van der Waals surface area contributed by atoms with E-state index in [1.807, 2.05) is 6.07 Å². The minimum absolute atomic E-state index is 0.272. The molecule has 3 aromatic rings. The van der Waals surface area contributed by atoms with Crippen molar-refractivity contribution in [3.8, 4) is 0 Å². The van der Waals surface area contributed by atoms with E-state index in [-0.39, 0.29) is 12.4 Å². The molecule has 1 aromatic carbocycles. The Bertz CT molecular complexity index is 1090. The molecule has 0 amide bonds. The summed E-state index contributed by atoms with van der Waals surface area (Å²) in [6.45, 7) is 9.99. The summed E-state index contributed by atoms with van der Waals surface area (Å²) in [4.78, 5) is 15.2. The number of nitrogens with zero attached hydrogens (tertiary/aromatic N) is 4. The summed E-state index contributed by atoms with van der Waals surface area (Å²) in [5.41, 5.74) is 0.651. The highest BCUT2D eigenvalue weighted by atomic mass is 32.2. The van der Waals surface area contributed by atoms with Gasteiger partial charge in [-0.25, -0.2) is 9.18 Å². The van der Waals surface area contributed by atoms with E-state index in [0.717, 1.165) is 35.4 Å². The first kappa shape index (κ1) is 23.0. The van der Waals surface area contributed by atoms with Crippen LogP contribution in [0.3, 0.4) is 0 Å². The first-order chi connectivity index (χ1) is 15.5. The Morgan fingerprint density at radius 1 is 1.31 bits per heavy atom. The second-order valence-electron chi connectivity index (χ2n) is 7.92. The molecule has 32 heavy (non-hydrogen) atoms. The number of halogens is 1. The molecule has 0 unspecified atom stereocenters. The van der Waals surface area contributed by atoms with E-state index in [1.54, 1.807) is 13.0 Å². The number of hydrogen-bond donors (Lipinski definition) is 0. The molecule has 10 heteroatoms. The molecular formula is C22H27FN4O3S2. The molecule has 1 saturated heterocycles. The summed E-state index contributed by atoms with van der Waals surface area (Å²) in [5.74, 6) is 0.883. The number of fused-ring (bicyclic) bond motifs is 1. The maximum absolute atomic E-state index is 14.7. The molecule has 0 N–H and O–H groups in total. The molecule has 172 valence electrons.